The zero-order valence-corrected chi connectivity index (χ0v) is 20.0. The van der Waals surface area contributed by atoms with E-state index in [2.05, 4.69) is 5.32 Å². The maximum Gasteiger partial charge on any atom is 0.333 e. The summed E-state index contributed by atoms with van der Waals surface area (Å²) in [6.07, 6.45) is 3.27. The Labute approximate surface area is 190 Å². The highest BCUT2D eigenvalue weighted by atomic mass is 32.2. The van der Waals surface area contributed by atoms with E-state index in [1.807, 2.05) is 0 Å². The molecule has 186 valence electrons. The number of aliphatic hydroxyl groups is 1. The first kappa shape index (κ1) is 28.3. The summed E-state index contributed by atoms with van der Waals surface area (Å²) in [5.74, 6) is -2.33. The van der Waals surface area contributed by atoms with Crippen LogP contribution in [-0.4, -0.2) is 67.6 Å². The van der Waals surface area contributed by atoms with Crippen LogP contribution in [0.4, 0.5) is 0 Å². The molecule has 10 nitrogen and oxygen atoms in total. The predicted molar refractivity (Wildman–Crippen MR) is 116 cm³/mol. The highest BCUT2D eigenvalue weighted by Gasteiger charge is 2.44. The third-order valence-electron chi connectivity index (χ3n) is 5.85. The summed E-state index contributed by atoms with van der Waals surface area (Å²) >= 11 is 0. The second kappa shape index (κ2) is 13.1. The number of hydrogen-bond donors (Lipinski definition) is 3. The van der Waals surface area contributed by atoms with Crippen molar-refractivity contribution in [2.45, 2.75) is 84.3 Å². The van der Waals surface area contributed by atoms with E-state index >= 15 is 0 Å². The molecule has 0 heterocycles. The van der Waals surface area contributed by atoms with Crippen LogP contribution >= 0.6 is 0 Å². The van der Waals surface area contributed by atoms with Crippen LogP contribution in [0.3, 0.4) is 0 Å². The first-order valence-corrected chi connectivity index (χ1v) is 12.6. The zero-order chi connectivity index (χ0) is 24.4. The summed E-state index contributed by atoms with van der Waals surface area (Å²) in [6.45, 7) is 3.59. The molecule has 1 rings (SSSR count). The molecule has 2 atom stereocenters. The quantitative estimate of drug-likeness (QED) is 0.191. The smallest absolute Gasteiger partial charge is 0.333 e. The molecule has 0 aromatic rings. The average Bonchev–Trinajstić information content (AvgIpc) is 2.72. The number of hydrogen-bond acceptors (Lipinski definition) is 8. The fourth-order valence-electron chi connectivity index (χ4n) is 3.64. The molecular formula is C21H37NO9S. The van der Waals surface area contributed by atoms with E-state index in [9.17, 15) is 33.0 Å². The molecule has 0 spiro atoms. The molecule has 0 aromatic carbocycles. The molecule has 1 fully saturated rings. The van der Waals surface area contributed by atoms with Gasteiger partial charge in [-0.25, -0.2) is 4.79 Å². The Hall–Kier alpha value is -1.72. The Balaban J connectivity index is 2.74. The summed E-state index contributed by atoms with van der Waals surface area (Å²) in [7, 11) is -4.15. The number of nitrogens with one attached hydrogen (secondary N) is 1. The fourth-order valence-corrected chi connectivity index (χ4v) is 4.89. The Morgan fingerprint density at radius 3 is 2.34 bits per heavy atom. The van der Waals surface area contributed by atoms with Gasteiger partial charge in [0.2, 0.25) is 5.91 Å². The van der Waals surface area contributed by atoms with Crippen molar-refractivity contribution in [2.75, 3.05) is 18.9 Å². The number of carbonyl (C=O) groups excluding carboxylic acids is 2. The number of amides is 1. The van der Waals surface area contributed by atoms with E-state index in [0.29, 0.717) is 12.3 Å². The molecule has 0 bridgehead atoms. The van der Waals surface area contributed by atoms with Gasteiger partial charge in [0.25, 0.3) is 10.1 Å². The molecule has 3 N–H and O–H groups in total. The summed E-state index contributed by atoms with van der Waals surface area (Å²) < 4.78 is 35.2. The zero-order valence-electron chi connectivity index (χ0n) is 19.2. The van der Waals surface area contributed by atoms with Crippen LogP contribution in [0.1, 0.15) is 72.1 Å². The number of carboxylic acid groups (broad SMARTS) is 1. The number of rotatable bonds is 14. The minimum atomic E-state index is -4.15. The molecule has 1 aliphatic carbocycles. The van der Waals surface area contributed by atoms with Crippen LogP contribution in [0.5, 0.6) is 0 Å². The van der Waals surface area contributed by atoms with Gasteiger partial charge < -0.3 is 20.3 Å². The van der Waals surface area contributed by atoms with Crippen molar-refractivity contribution in [3.05, 3.63) is 0 Å². The largest absolute Gasteiger partial charge is 0.479 e. The number of aliphatic carboxylic acids is 1. The standard InChI is InChI=1S/C21H37NO9S/c1-15(23)22-12-7-13-32(28,29)31-17(21(2,3)19(25)20(26)27)14-30-18(24)11-10-16-8-5-4-6-9-16/h16-17,19,25H,4-14H2,1-3H3,(H,22,23)(H,26,27)/t17?,19-/m0/s1. The van der Waals surface area contributed by atoms with Crippen LogP contribution in [0.15, 0.2) is 0 Å². The number of carbonyl (C=O) groups is 3. The Morgan fingerprint density at radius 1 is 1.16 bits per heavy atom. The van der Waals surface area contributed by atoms with Crippen molar-refractivity contribution < 1.29 is 41.9 Å². The lowest BCUT2D eigenvalue weighted by atomic mass is 9.81. The van der Waals surface area contributed by atoms with Crippen molar-refractivity contribution in [1.82, 2.24) is 5.32 Å². The van der Waals surface area contributed by atoms with Gasteiger partial charge >= 0.3 is 11.9 Å². The van der Waals surface area contributed by atoms with Crippen molar-refractivity contribution >= 4 is 28.0 Å². The van der Waals surface area contributed by atoms with Gasteiger partial charge in [-0.05, 0) is 18.8 Å². The molecule has 1 saturated carbocycles. The van der Waals surface area contributed by atoms with Crippen LogP contribution < -0.4 is 5.32 Å². The summed E-state index contributed by atoms with van der Waals surface area (Å²) in [6, 6.07) is 0. The minimum absolute atomic E-state index is 0.0811. The van der Waals surface area contributed by atoms with E-state index < -0.39 is 52.0 Å². The molecule has 0 radical (unpaired) electrons. The number of aliphatic hydroxyl groups excluding tert-OH is 1. The normalized spacial score (nSPS) is 17.4. The molecule has 0 saturated heterocycles. The first-order valence-electron chi connectivity index (χ1n) is 11.1. The van der Waals surface area contributed by atoms with Gasteiger partial charge in [0, 0.05) is 25.3 Å². The minimum Gasteiger partial charge on any atom is -0.479 e. The third-order valence-corrected chi connectivity index (χ3v) is 7.17. The van der Waals surface area contributed by atoms with E-state index in [4.69, 9.17) is 8.92 Å². The van der Waals surface area contributed by atoms with Crippen LogP contribution in [0, 0.1) is 11.3 Å². The van der Waals surface area contributed by atoms with Gasteiger partial charge in [-0.1, -0.05) is 46.0 Å². The topological polar surface area (TPSA) is 156 Å². The maximum absolute atomic E-state index is 12.4. The second-order valence-corrected chi connectivity index (χ2v) is 10.7. The SMILES string of the molecule is CC(=O)NCCCS(=O)(=O)OC(COC(=O)CCC1CCCCC1)C(C)(C)[C@@H](O)C(=O)O. The van der Waals surface area contributed by atoms with E-state index in [-0.39, 0.29) is 25.3 Å². The molecular weight excluding hydrogens is 442 g/mol. The number of ether oxygens (including phenoxy) is 1. The van der Waals surface area contributed by atoms with Gasteiger partial charge in [0.15, 0.2) is 6.10 Å². The van der Waals surface area contributed by atoms with Gasteiger partial charge in [-0.2, -0.15) is 8.42 Å². The fraction of sp³-hybridized carbons (Fsp3) is 0.857. The van der Waals surface area contributed by atoms with Crippen molar-refractivity contribution in [3.63, 3.8) is 0 Å². The lowest BCUT2D eigenvalue weighted by Crippen LogP contribution is -2.49. The van der Waals surface area contributed by atoms with Gasteiger partial charge in [-0.3, -0.25) is 13.8 Å². The molecule has 11 heteroatoms. The van der Waals surface area contributed by atoms with Crippen molar-refractivity contribution in [3.8, 4) is 0 Å². The second-order valence-electron chi connectivity index (χ2n) is 8.97. The number of carboxylic acids is 1. The lowest BCUT2D eigenvalue weighted by molar-refractivity contribution is -0.162. The Bertz CT molecular complexity index is 730. The molecule has 1 unspecified atom stereocenters. The first-order chi connectivity index (χ1) is 14.8. The maximum atomic E-state index is 12.4. The number of esters is 1. The predicted octanol–water partition coefficient (Wildman–Crippen LogP) is 1.60. The lowest BCUT2D eigenvalue weighted by Gasteiger charge is -2.35. The summed E-state index contributed by atoms with van der Waals surface area (Å²) in [5, 5.41) is 21.7. The highest BCUT2D eigenvalue weighted by Crippen LogP contribution is 2.31. The van der Waals surface area contributed by atoms with Crippen LogP contribution in [0.2, 0.25) is 0 Å². The van der Waals surface area contributed by atoms with Gasteiger partial charge in [0.05, 0.1) is 5.75 Å². The molecule has 1 amide bonds. The van der Waals surface area contributed by atoms with Crippen LogP contribution in [0.25, 0.3) is 0 Å². The van der Waals surface area contributed by atoms with E-state index in [1.54, 1.807) is 0 Å². The summed E-state index contributed by atoms with van der Waals surface area (Å²) in [4.78, 5) is 34.4. The Kier molecular flexibility index (Phi) is 11.6. The Morgan fingerprint density at radius 2 is 1.78 bits per heavy atom. The monoisotopic (exact) mass is 479 g/mol. The molecule has 32 heavy (non-hydrogen) atoms. The molecule has 1 aliphatic rings. The molecule has 0 aliphatic heterocycles. The summed E-state index contributed by atoms with van der Waals surface area (Å²) in [5.41, 5.74) is -1.57. The van der Waals surface area contributed by atoms with Gasteiger partial charge in [-0.15, -0.1) is 0 Å². The highest BCUT2D eigenvalue weighted by molar-refractivity contribution is 7.86. The average molecular weight is 480 g/mol. The van der Waals surface area contributed by atoms with E-state index in [0.717, 1.165) is 25.7 Å². The van der Waals surface area contributed by atoms with Crippen molar-refractivity contribution in [1.29, 1.82) is 0 Å². The van der Waals surface area contributed by atoms with Crippen LogP contribution in [-0.2, 0) is 33.4 Å². The van der Waals surface area contributed by atoms with Crippen molar-refractivity contribution in [2.24, 2.45) is 11.3 Å². The third kappa shape index (κ3) is 10.3. The molecule has 0 aromatic heterocycles. The van der Waals surface area contributed by atoms with Gasteiger partial charge in [0.1, 0.15) is 12.7 Å². The van der Waals surface area contributed by atoms with E-state index in [1.165, 1.54) is 27.2 Å².